The lowest BCUT2D eigenvalue weighted by molar-refractivity contribution is -0.124. The molecular formula is C18H28N2O2. The van der Waals surface area contributed by atoms with Gasteiger partial charge in [-0.15, -0.1) is 0 Å². The van der Waals surface area contributed by atoms with Gasteiger partial charge in [0.2, 0.25) is 0 Å². The fraction of sp³-hybridized carbons (Fsp3) is 0.611. The molecule has 1 fully saturated rings. The Kier molecular flexibility index (Phi) is 7.57. The first-order valence-electron chi connectivity index (χ1n) is 8.28. The van der Waals surface area contributed by atoms with Gasteiger partial charge in [-0.05, 0) is 32.0 Å². The van der Waals surface area contributed by atoms with Gasteiger partial charge in [0.05, 0.1) is 6.61 Å². The van der Waals surface area contributed by atoms with Gasteiger partial charge in [-0.1, -0.05) is 30.3 Å². The maximum atomic E-state index is 11.8. The highest BCUT2D eigenvalue weighted by Crippen LogP contribution is 2.05. The van der Waals surface area contributed by atoms with Crippen molar-refractivity contribution in [2.24, 2.45) is 0 Å². The first-order chi connectivity index (χ1) is 10.7. The molecule has 2 rings (SSSR count). The van der Waals surface area contributed by atoms with Gasteiger partial charge >= 0.3 is 0 Å². The largest absolute Gasteiger partial charge is 0.369 e. The van der Waals surface area contributed by atoms with Crippen molar-refractivity contribution in [2.75, 3.05) is 46.4 Å². The van der Waals surface area contributed by atoms with Crippen LogP contribution < -0.4 is 0 Å². The summed E-state index contributed by atoms with van der Waals surface area (Å²) >= 11 is 0. The zero-order chi connectivity index (χ0) is 15.6. The van der Waals surface area contributed by atoms with Gasteiger partial charge in [0.25, 0.3) is 0 Å². The third-order valence-electron chi connectivity index (χ3n) is 4.15. The summed E-state index contributed by atoms with van der Waals surface area (Å²) in [6.07, 6.45) is 2.72. The first-order valence-corrected chi connectivity index (χ1v) is 8.28. The Balaban J connectivity index is 1.47. The number of piperazine rings is 1. The average Bonchev–Trinajstić information content (AvgIpc) is 2.54. The van der Waals surface area contributed by atoms with Crippen molar-refractivity contribution in [3.05, 3.63) is 35.9 Å². The lowest BCUT2D eigenvalue weighted by Gasteiger charge is -2.32. The quantitative estimate of drug-likeness (QED) is 0.655. The predicted octanol–water partition coefficient (Wildman–Crippen LogP) is 2.19. The van der Waals surface area contributed by atoms with Gasteiger partial charge in [0, 0.05) is 32.6 Å². The van der Waals surface area contributed by atoms with Gasteiger partial charge in [-0.2, -0.15) is 0 Å². The van der Waals surface area contributed by atoms with Crippen molar-refractivity contribution in [2.45, 2.75) is 25.9 Å². The number of ether oxygens (including phenoxy) is 1. The number of carbonyl (C=O) groups is 1. The van der Waals surface area contributed by atoms with Gasteiger partial charge in [0.1, 0.15) is 6.61 Å². The Morgan fingerprint density at radius 2 is 1.82 bits per heavy atom. The number of nitrogens with zero attached hydrogens (tertiary/aromatic N) is 2. The molecule has 0 aliphatic carbocycles. The van der Waals surface area contributed by atoms with E-state index in [1.165, 1.54) is 0 Å². The number of ketones is 1. The molecule has 1 aromatic carbocycles. The highest BCUT2D eigenvalue weighted by molar-refractivity contribution is 5.79. The topological polar surface area (TPSA) is 32.8 Å². The summed E-state index contributed by atoms with van der Waals surface area (Å²) in [4.78, 5) is 16.6. The molecule has 22 heavy (non-hydrogen) atoms. The summed E-state index contributed by atoms with van der Waals surface area (Å²) in [5, 5.41) is 0. The molecule has 0 atom stereocenters. The summed E-state index contributed by atoms with van der Waals surface area (Å²) in [6, 6.07) is 9.98. The van der Waals surface area contributed by atoms with Crippen LogP contribution in [0.1, 0.15) is 24.8 Å². The van der Waals surface area contributed by atoms with Gasteiger partial charge in [0.15, 0.2) is 5.78 Å². The van der Waals surface area contributed by atoms with Crippen LogP contribution in [0.3, 0.4) is 0 Å². The number of hydrogen-bond acceptors (Lipinski definition) is 4. The van der Waals surface area contributed by atoms with Crippen molar-refractivity contribution in [1.82, 2.24) is 9.80 Å². The summed E-state index contributed by atoms with van der Waals surface area (Å²) in [5.74, 6) is 0.217. The van der Waals surface area contributed by atoms with Crippen LogP contribution >= 0.6 is 0 Å². The van der Waals surface area contributed by atoms with E-state index in [4.69, 9.17) is 4.74 Å². The van der Waals surface area contributed by atoms with E-state index < -0.39 is 0 Å². The van der Waals surface area contributed by atoms with E-state index in [0.29, 0.717) is 13.0 Å². The van der Waals surface area contributed by atoms with E-state index in [1.807, 2.05) is 30.3 Å². The van der Waals surface area contributed by atoms with Crippen LogP contribution in [-0.2, 0) is 16.1 Å². The molecule has 0 radical (unpaired) electrons. The number of benzene rings is 1. The molecule has 0 bridgehead atoms. The smallest absolute Gasteiger partial charge is 0.158 e. The van der Waals surface area contributed by atoms with Crippen LogP contribution in [0.4, 0.5) is 0 Å². The number of unbranched alkanes of at least 4 members (excludes halogenated alkanes) is 1. The van der Waals surface area contributed by atoms with Crippen LogP contribution in [0.5, 0.6) is 0 Å². The fourth-order valence-corrected chi connectivity index (χ4v) is 2.66. The second-order valence-electron chi connectivity index (χ2n) is 6.12. The second-order valence-corrected chi connectivity index (χ2v) is 6.12. The molecule has 4 nitrogen and oxygen atoms in total. The lowest BCUT2D eigenvalue weighted by Crippen LogP contribution is -2.44. The summed E-state index contributed by atoms with van der Waals surface area (Å²) < 4.78 is 5.47. The van der Waals surface area contributed by atoms with E-state index >= 15 is 0 Å². The minimum atomic E-state index is 0.217. The Bertz CT molecular complexity index is 428. The van der Waals surface area contributed by atoms with E-state index in [-0.39, 0.29) is 12.4 Å². The molecule has 1 heterocycles. The minimum absolute atomic E-state index is 0.217. The molecular weight excluding hydrogens is 276 g/mol. The van der Waals surface area contributed by atoms with Crippen LogP contribution in [0.2, 0.25) is 0 Å². The highest BCUT2D eigenvalue weighted by Gasteiger charge is 2.13. The van der Waals surface area contributed by atoms with Crippen molar-refractivity contribution in [3.8, 4) is 0 Å². The van der Waals surface area contributed by atoms with Crippen molar-refractivity contribution in [1.29, 1.82) is 0 Å². The second kappa shape index (κ2) is 9.72. The van der Waals surface area contributed by atoms with Gasteiger partial charge in [-0.3, -0.25) is 4.79 Å². The van der Waals surface area contributed by atoms with E-state index in [1.54, 1.807) is 0 Å². The molecule has 1 aliphatic rings. The first kappa shape index (κ1) is 17.1. The monoisotopic (exact) mass is 304 g/mol. The van der Waals surface area contributed by atoms with Gasteiger partial charge < -0.3 is 14.5 Å². The number of likely N-dealkylation sites (N-methyl/N-ethyl adjacent to an activating group) is 1. The molecule has 0 amide bonds. The number of carbonyl (C=O) groups excluding carboxylic acids is 1. The summed E-state index contributed by atoms with van der Waals surface area (Å²) in [6.45, 7) is 6.51. The van der Waals surface area contributed by atoms with E-state index in [9.17, 15) is 4.79 Å². The van der Waals surface area contributed by atoms with Crippen molar-refractivity contribution >= 4 is 5.78 Å². The van der Waals surface area contributed by atoms with E-state index in [0.717, 1.165) is 51.1 Å². The van der Waals surface area contributed by atoms with Crippen molar-refractivity contribution in [3.63, 3.8) is 0 Å². The molecule has 0 aromatic heterocycles. The van der Waals surface area contributed by atoms with Gasteiger partial charge in [-0.25, -0.2) is 0 Å². The van der Waals surface area contributed by atoms with Crippen LogP contribution in [0, 0.1) is 0 Å². The SMILES string of the molecule is CN1CCN(CCCCC(=O)COCc2ccccc2)CC1. The number of rotatable bonds is 9. The third-order valence-corrected chi connectivity index (χ3v) is 4.15. The van der Waals surface area contributed by atoms with Crippen LogP contribution in [0.25, 0.3) is 0 Å². The Hall–Kier alpha value is -1.23. The Morgan fingerprint density at radius 1 is 1.09 bits per heavy atom. The molecule has 1 aliphatic heterocycles. The van der Waals surface area contributed by atoms with Crippen LogP contribution in [0.15, 0.2) is 30.3 Å². The van der Waals surface area contributed by atoms with E-state index in [2.05, 4.69) is 16.8 Å². The maximum absolute atomic E-state index is 11.8. The molecule has 1 saturated heterocycles. The Labute approximate surface area is 134 Å². The summed E-state index contributed by atoms with van der Waals surface area (Å²) in [7, 11) is 2.17. The normalized spacial score (nSPS) is 16.8. The maximum Gasteiger partial charge on any atom is 0.158 e. The predicted molar refractivity (Wildman–Crippen MR) is 88.9 cm³/mol. The zero-order valence-electron chi connectivity index (χ0n) is 13.7. The molecule has 0 unspecified atom stereocenters. The summed E-state index contributed by atoms with van der Waals surface area (Å²) in [5.41, 5.74) is 1.12. The molecule has 122 valence electrons. The lowest BCUT2D eigenvalue weighted by atomic mass is 10.1. The zero-order valence-corrected chi connectivity index (χ0v) is 13.7. The molecule has 0 saturated carbocycles. The minimum Gasteiger partial charge on any atom is -0.369 e. The number of Topliss-reactive ketones (excluding diaryl/α,β-unsaturated/α-hetero) is 1. The molecule has 0 spiro atoms. The highest BCUT2D eigenvalue weighted by atomic mass is 16.5. The standard InChI is InChI=1S/C18H28N2O2/c1-19-11-13-20(14-12-19)10-6-5-9-18(21)16-22-15-17-7-3-2-4-8-17/h2-4,7-8H,5-6,9-16H2,1H3. The fourth-order valence-electron chi connectivity index (χ4n) is 2.66. The molecule has 1 aromatic rings. The van der Waals surface area contributed by atoms with Crippen LogP contribution in [-0.4, -0.2) is 62.0 Å². The molecule has 0 N–H and O–H groups in total. The molecule has 4 heteroatoms. The van der Waals surface area contributed by atoms with Crippen molar-refractivity contribution < 1.29 is 9.53 Å². The number of hydrogen-bond donors (Lipinski definition) is 0. The third kappa shape index (κ3) is 6.69. The Morgan fingerprint density at radius 3 is 2.55 bits per heavy atom. The average molecular weight is 304 g/mol.